The molecule has 0 aromatic carbocycles. The molecular formula is C20H30O2. The lowest BCUT2D eigenvalue weighted by atomic mass is 9.57. The van der Waals surface area contributed by atoms with Gasteiger partial charge in [0.1, 0.15) is 6.10 Å². The van der Waals surface area contributed by atoms with Crippen LogP contribution >= 0.6 is 0 Å². The molecule has 2 heteroatoms. The Bertz CT molecular complexity index is 532. The second kappa shape index (κ2) is 5.21. The van der Waals surface area contributed by atoms with Crippen LogP contribution in [0.2, 0.25) is 0 Å². The van der Waals surface area contributed by atoms with Crippen LogP contribution < -0.4 is 0 Å². The molecule has 6 atom stereocenters. The van der Waals surface area contributed by atoms with Crippen molar-refractivity contribution in [2.45, 2.75) is 77.4 Å². The van der Waals surface area contributed by atoms with Crippen molar-refractivity contribution in [2.75, 3.05) is 0 Å². The van der Waals surface area contributed by atoms with Crippen LogP contribution in [-0.2, 0) is 0 Å². The topological polar surface area (TPSA) is 40.5 Å². The van der Waals surface area contributed by atoms with Crippen molar-refractivity contribution in [2.24, 2.45) is 23.2 Å². The second-order valence-corrected chi connectivity index (χ2v) is 8.37. The molecule has 4 rings (SSSR count). The van der Waals surface area contributed by atoms with E-state index in [0.29, 0.717) is 11.3 Å². The fourth-order valence-corrected chi connectivity index (χ4v) is 6.34. The van der Waals surface area contributed by atoms with Gasteiger partial charge < -0.3 is 10.2 Å². The third-order valence-electron chi connectivity index (χ3n) is 7.60. The summed E-state index contributed by atoms with van der Waals surface area (Å²) in [5, 5.41) is 20.7. The molecule has 122 valence electrons. The highest BCUT2D eigenvalue weighted by atomic mass is 16.3. The molecule has 4 aliphatic carbocycles. The maximum atomic E-state index is 10.6. The number of aliphatic hydroxyl groups is 2. The molecule has 22 heavy (non-hydrogen) atoms. The third kappa shape index (κ3) is 1.93. The molecule has 4 aliphatic rings. The van der Waals surface area contributed by atoms with Gasteiger partial charge in [-0.25, -0.2) is 0 Å². The summed E-state index contributed by atoms with van der Waals surface area (Å²) < 4.78 is 0. The van der Waals surface area contributed by atoms with Crippen molar-refractivity contribution in [3.05, 3.63) is 22.8 Å². The molecule has 0 radical (unpaired) electrons. The quantitative estimate of drug-likeness (QED) is 0.769. The van der Waals surface area contributed by atoms with Gasteiger partial charge in [0.15, 0.2) is 0 Å². The first-order valence-electron chi connectivity index (χ1n) is 9.34. The monoisotopic (exact) mass is 302 g/mol. The summed E-state index contributed by atoms with van der Waals surface area (Å²) in [7, 11) is 0. The standard InChI is InChI=1S/C20H30O2/c1-3-13-6-8-16-14-7-4-12-5-9-17(21)19(22)18(12)15(14)10-11-20(13,16)2/h10,13-14,16-17,19,21-22H,3-9,11H2,1-2H3/t13-,14+,16-,17?,19?,20+/m0/s1. The van der Waals surface area contributed by atoms with E-state index in [0.717, 1.165) is 36.7 Å². The molecular weight excluding hydrogens is 272 g/mol. The second-order valence-electron chi connectivity index (χ2n) is 8.37. The Morgan fingerprint density at radius 2 is 1.91 bits per heavy atom. The van der Waals surface area contributed by atoms with Gasteiger partial charge in [0.2, 0.25) is 0 Å². The lowest BCUT2D eigenvalue weighted by Crippen LogP contribution is -2.42. The average molecular weight is 302 g/mol. The number of hydrogen-bond acceptors (Lipinski definition) is 2. The first-order chi connectivity index (χ1) is 10.6. The summed E-state index contributed by atoms with van der Waals surface area (Å²) in [5.41, 5.74) is 4.48. The van der Waals surface area contributed by atoms with Gasteiger partial charge in [0, 0.05) is 0 Å². The summed E-state index contributed by atoms with van der Waals surface area (Å²) in [6.45, 7) is 4.86. The molecule has 0 aromatic heterocycles. The Kier molecular flexibility index (Phi) is 3.54. The van der Waals surface area contributed by atoms with E-state index in [4.69, 9.17) is 0 Å². The molecule has 0 saturated heterocycles. The zero-order valence-electron chi connectivity index (χ0n) is 14.0. The summed E-state index contributed by atoms with van der Waals surface area (Å²) >= 11 is 0. The van der Waals surface area contributed by atoms with Crippen molar-refractivity contribution in [1.82, 2.24) is 0 Å². The number of allylic oxidation sites excluding steroid dienone is 2. The maximum absolute atomic E-state index is 10.6. The SMILES string of the molecule is CC[C@H]1CC[C@H]2[C@@H]3CCC4=C(C3=CC[C@]12C)C(O)C(O)CC4. The Balaban J connectivity index is 1.73. The first kappa shape index (κ1) is 15.0. The minimum atomic E-state index is -0.634. The zero-order chi connectivity index (χ0) is 15.5. The fourth-order valence-electron chi connectivity index (χ4n) is 6.34. The van der Waals surface area contributed by atoms with Crippen LogP contribution in [0.25, 0.3) is 0 Å². The molecule has 1 fully saturated rings. The Morgan fingerprint density at radius 1 is 1.14 bits per heavy atom. The molecule has 2 nitrogen and oxygen atoms in total. The molecule has 0 spiro atoms. The van der Waals surface area contributed by atoms with Gasteiger partial charge in [-0.15, -0.1) is 0 Å². The normalized spacial score (nSPS) is 47.6. The Morgan fingerprint density at radius 3 is 2.68 bits per heavy atom. The van der Waals surface area contributed by atoms with E-state index < -0.39 is 12.2 Å². The van der Waals surface area contributed by atoms with E-state index >= 15 is 0 Å². The molecule has 2 N–H and O–H groups in total. The van der Waals surface area contributed by atoms with Gasteiger partial charge in [-0.1, -0.05) is 31.9 Å². The summed E-state index contributed by atoms with van der Waals surface area (Å²) in [4.78, 5) is 0. The van der Waals surface area contributed by atoms with Crippen molar-refractivity contribution in [1.29, 1.82) is 0 Å². The smallest absolute Gasteiger partial charge is 0.105 e. The molecule has 0 aliphatic heterocycles. The van der Waals surface area contributed by atoms with Gasteiger partial charge in [-0.05, 0) is 79.3 Å². The molecule has 0 amide bonds. The van der Waals surface area contributed by atoms with Gasteiger partial charge in [-0.2, -0.15) is 0 Å². The minimum Gasteiger partial charge on any atom is -0.390 e. The van der Waals surface area contributed by atoms with Crippen LogP contribution in [0.1, 0.15) is 65.2 Å². The van der Waals surface area contributed by atoms with Gasteiger partial charge >= 0.3 is 0 Å². The van der Waals surface area contributed by atoms with Crippen LogP contribution in [0, 0.1) is 23.2 Å². The highest BCUT2D eigenvalue weighted by Crippen LogP contribution is 2.61. The van der Waals surface area contributed by atoms with Crippen molar-refractivity contribution < 1.29 is 10.2 Å². The largest absolute Gasteiger partial charge is 0.390 e. The Hall–Kier alpha value is -0.600. The summed E-state index contributed by atoms with van der Waals surface area (Å²) in [6, 6.07) is 0. The van der Waals surface area contributed by atoms with Crippen LogP contribution in [0.3, 0.4) is 0 Å². The number of hydrogen-bond donors (Lipinski definition) is 2. The number of aliphatic hydroxyl groups excluding tert-OH is 2. The molecule has 0 bridgehead atoms. The van der Waals surface area contributed by atoms with Gasteiger partial charge in [0.25, 0.3) is 0 Å². The number of rotatable bonds is 1. The lowest BCUT2D eigenvalue weighted by Gasteiger charge is -2.49. The summed E-state index contributed by atoms with van der Waals surface area (Å²) in [5.74, 6) is 2.29. The molecule has 2 unspecified atom stereocenters. The molecule has 0 heterocycles. The van der Waals surface area contributed by atoms with E-state index in [1.807, 2.05) is 0 Å². The zero-order valence-corrected chi connectivity index (χ0v) is 14.0. The molecule has 1 saturated carbocycles. The van der Waals surface area contributed by atoms with E-state index in [1.54, 1.807) is 0 Å². The van der Waals surface area contributed by atoms with E-state index in [2.05, 4.69) is 19.9 Å². The highest BCUT2D eigenvalue weighted by Gasteiger charge is 2.52. The molecule has 0 aromatic rings. The van der Waals surface area contributed by atoms with Gasteiger partial charge in [0.05, 0.1) is 6.10 Å². The highest BCUT2D eigenvalue weighted by molar-refractivity contribution is 5.46. The predicted octanol–water partition coefficient (Wildman–Crippen LogP) is 3.98. The van der Waals surface area contributed by atoms with E-state index in [-0.39, 0.29) is 0 Å². The van der Waals surface area contributed by atoms with Crippen molar-refractivity contribution in [3.8, 4) is 0 Å². The number of fused-ring (bicyclic) bond motifs is 4. The Labute approximate surface area is 134 Å². The van der Waals surface area contributed by atoms with E-state index in [1.165, 1.54) is 43.3 Å². The van der Waals surface area contributed by atoms with Gasteiger partial charge in [-0.3, -0.25) is 0 Å². The maximum Gasteiger partial charge on any atom is 0.105 e. The van der Waals surface area contributed by atoms with Crippen LogP contribution in [0.15, 0.2) is 22.8 Å². The van der Waals surface area contributed by atoms with E-state index in [9.17, 15) is 10.2 Å². The van der Waals surface area contributed by atoms with Crippen LogP contribution in [0.5, 0.6) is 0 Å². The fraction of sp³-hybridized carbons (Fsp3) is 0.800. The lowest BCUT2D eigenvalue weighted by molar-refractivity contribution is 0.0244. The van der Waals surface area contributed by atoms with Crippen LogP contribution in [0.4, 0.5) is 0 Å². The summed E-state index contributed by atoms with van der Waals surface area (Å²) in [6.07, 6.45) is 10.6. The van der Waals surface area contributed by atoms with Crippen molar-refractivity contribution >= 4 is 0 Å². The predicted molar refractivity (Wildman–Crippen MR) is 88.3 cm³/mol. The average Bonchev–Trinajstić information content (AvgIpc) is 2.87. The third-order valence-corrected chi connectivity index (χ3v) is 7.60. The van der Waals surface area contributed by atoms with Crippen LogP contribution in [-0.4, -0.2) is 22.4 Å². The first-order valence-corrected chi connectivity index (χ1v) is 9.34. The minimum absolute atomic E-state index is 0.471. The van der Waals surface area contributed by atoms with Crippen molar-refractivity contribution in [3.63, 3.8) is 0 Å².